The van der Waals surface area contributed by atoms with Crippen LogP contribution >= 0.6 is 11.8 Å². The topological polar surface area (TPSA) is 42.4 Å². The average molecular weight is 329 g/mol. The number of rotatable bonds is 8. The Morgan fingerprint density at radius 3 is 2.61 bits per heavy atom. The van der Waals surface area contributed by atoms with Gasteiger partial charge in [0, 0.05) is 17.2 Å². The SMILES string of the molecule is C=C(O)CCCOc1ccc(-c2cccc(SC(C)C)n2)cc1. The Labute approximate surface area is 142 Å². The first kappa shape index (κ1) is 17.4. The van der Waals surface area contributed by atoms with Gasteiger partial charge in [-0.15, -0.1) is 11.8 Å². The van der Waals surface area contributed by atoms with E-state index in [1.165, 1.54) is 0 Å². The van der Waals surface area contributed by atoms with Crippen LogP contribution in [-0.2, 0) is 0 Å². The fraction of sp³-hybridized carbons (Fsp3) is 0.316. The van der Waals surface area contributed by atoms with Crippen LogP contribution in [0.25, 0.3) is 11.3 Å². The third-order valence-corrected chi connectivity index (χ3v) is 4.05. The first-order valence-electron chi connectivity index (χ1n) is 7.78. The molecule has 0 amide bonds. The summed E-state index contributed by atoms with van der Waals surface area (Å²) in [5, 5.41) is 10.6. The number of aliphatic hydroxyl groups excluding tert-OH is 1. The molecule has 0 aliphatic heterocycles. The molecule has 0 bridgehead atoms. The Morgan fingerprint density at radius 2 is 1.96 bits per heavy atom. The number of nitrogens with zero attached hydrogens (tertiary/aromatic N) is 1. The summed E-state index contributed by atoms with van der Waals surface area (Å²) in [6.45, 7) is 8.36. The van der Waals surface area contributed by atoms with Crippen LogP contribution in [0, 0.1) is 0 Å². The smallest absolute Gasteiger partial charge is 0.119 e. The Balaban J connectivity index is 1.97. The number of aromatic nitrogens is 1. The number of benzene rings is 1. The molecule has 2 rings (SSSR count). The number of pyridine rings is 1. The highest BCUT2D eigenvalue weighted by atomic mass is 32.2. The van der Waals surface area contributed by atoms with Crippen LogP contribution in [0.3, 0.4) is 0 Å². The number of allylic oxidation sites excluding steroid dienone is 1. The summed E-state index contributed by atoms with van der Waals surface area (Å²) in [5.74, 6) is 1.03. The van der Waals surface area contributed by atoms with Crippen molar-refractivity contribution in [3.63, 3.8) is 0 Å². The molecule has 1 aromatic heterocycles. The van der Waals surface area contributed by atoms with Gasteiger partial charge in [0.25, 0.3) is 0 Å². The highest BCUT2D eigenvalue weighted by Gasteiger charge is 2.04. The van der Waals surface area contributed by atoms with Crippen molar-refractivity contribution in [1.82, 2.24) is 4.98 Å². The quantitative estimate of drug-likeness (QED) is 0.395. The molecular formula is C19H23NO2S. The van der Waals surface area contributed by atoms with E-state index < -0.39 is 0 Å². The second kappa shape index (κ2) is 8.63. The van der Waals surface area contributed by atoms with Crippen molar-refractivity contribution in [1.29, 1.82) is 0 Å². The van der Waals surface area contributed by atoms with Crippen molar-refractivity contribution in [2.75, 3.05) is 6.61 Å². The Kier molecular flexibility index (Phi) is 6.53. The molecule has 0 unspecified atom stereocenters. The van der Waals surface area contributed by atoms with E-state index in [2.05, 4.69) is 20.4 Å². The van der Waals surface area contributed by atoms with E-state index in [9.17, 15) is 0 Å². The molecule has 3 nitrogen and oxygen atoms in total. The van der Waals surface area contributed by atoms with E-state index in [0.29, 0.717) is 18.3 Å². The molecule has 1 aromatic carbocycles. The van der Waals surface area contributed by atoms with E-state index >= 15 is 0 Å². The predicted molar refractivity (Wildman–Crippen MR) is 97.2 cm³/mol. The highest BCUT2D eigenvalue weighted by molar-refractivity contribution is 7.99. The van der Waals surface area contributed by atoms with Gasteiger partial charge in [-0.3, -0.25) is 0 Å². The zero-order valence-corrected chi connectivity index (χ0v) is 14.5. The van der Waals surface area contributed by atoms with Crippen LogP contribution in [0.15, 0.2) is 59.8 Å². The van der Waals surface area contributed by atoms with Crippen LogP contribution in [0.1, 0.15) is 26.7 Å². The van der Waals surface area contributed by atoms with Gasteiger partial charge in [-0.05, 0) is 42.8 Å². The predicted octanol–water partition coefficient (Wildman–Crippen LogP) is 5.48. The second-order valence-corrected chi connectivity index (χ2v) is 7.17. The summed E-state index contributed by atoms with van der Waals surface area (Å²) in [5.41, 5.74) is 2.05. The normalized spacial score (nSPS) is 10.7. The number of hydrogen-bond donors (Lipinski definition) is 1. The average Bonchev–Trinajstić information content (AvgIpc) is 2.52. The molecule has 0 atom stereocenters. The summed E-state index contributed by atoms with van der Waals surface area (Å²) >= 11 is 1.76. The van der Waals surface area contributed by atoms with E-state index in [0.717, 1.165) is 28.5 Å². The minimum atomic E-state index is 0.203. The number of hydrogen-bond acceptors (Lipinski definition) is 4. The molecule has 2 aromatic rings. The molecule has 0 fully saturated rings. The van der Waals surface area contributed by atoms with Crippen molar-refractivity contribution < 1.29 is 9.84 Å². The summed E-state index contributed by atoms with van der Waals surface area (Å²) in [7, 11) is 0. The van der Waals surface area contributed by atoms with Gasteiger partial charge in [0.2, 0.25) is 0 Å². The van der Waals surface area contributed by atoms with Gasteiger partial charge < -0.3 is 9.84 Å². The summed E-state index contributed by atoms with van der Waals surface area (Å²) in [6, 6.07) is 14.0. The second-order valence-electron chi connectivity index (χ2n) is 5.57. The van der Waals surface area contributed by atoms with E-state index in [-0.39, 0.29) is 5.76 Å². The van der Waals surface area contributed by atoms with Crippen LogP contribution in [0.5, 0.6) is 5.75 Å². The fourth-order valence-electron chi connectivity index (χ4n) is 2.07. The molecule has 0 radical (unpaired) electrons. The van der Waals surface area contributed by atoms with Crippen molar-refractivity contribution in [3.05, 3.63) is 54.8 Å². The maximum Gasteiger partial charge on any atom is 0.119 e. The fourth-order valence-corrected chi connectivity index (χ4v) is 2.86. The summed E-state index contributed by atoms with van der Waals surface area (Å²) in [4.78, 5) is 4.69. The standard InChI is InChI=1S/C19H23NO2S/c1-14(2)23-19-8-4-7-18(20-19)16-9-11-17(12-10-16)22-13-5-6-15(3)21/h4,7-12,14,21H,3,5-6,13H2,1-2H3. The molecule has 0 spiro atoms. The van der Waals surface area contributed by atoms with Crippen LogP contribution in [0.2, 0.25) is 0 Å². The lowest BCUT2D eigenvalue weighted by atomic mass is 10.1. The van der Waals surface area contributed by atoms with Crippen molar-refractivity contribution in [2.24, 2.45) is 0 Å². The minimum absolute atomic E-state index is 0.203. The Morgan fingerprint density at radius 1 is 1.22 bits per heavy atom. The van der Waals surface area contributed by atoms with Gasteiger partial charge in [0.15, 0.2) is 0 Å². The van der Waals surface area contributed by atoms with E-state index in [4.69, 9.17) is 14.8 Å². The van der Waals surface area contributed by atoms with Gasteiger partial charge in [0.1, 0.15) is 5.75 Å². The number of thioether (sulfide) groups is 1. The number of ether oxygens (including phenoxy) is 1. The molecule has 4 heteroatoms. The molecule has 1 N–H and O–H groups in total. The summed E-state index contributed by atoms with van der Waals surface area (Å²) < 4.78 is 5.65. The molecule has 0 aliphatic rings. The third kappa shape index (κ3) is 5.99. The van der Waals surface area contributed by atoms with Gasteiger partial charge in [-0.2, -0.15) is 0 Å². The van der Waals surface area contributed by atoms with Gasteiger partial charge >= 0.3 is 0 Å². The maximum absolute atomic E-state index is 9.03. The zero-order valence-electron chi connectivity index (χ0n) is 13.7. The van der Waals surface area contributed by atoms with Crippen LogP contribution in [0.4, 0.5) is 0 Å². The van der Waals surface area contributed by atoms with Crippen molar-refractivity contribution >= 4 is 11.8 Å². The van der Waals surface area contributed by atoms with E-state index in [1.807, 2.05) is 42.5 Å². The summed E-state index contributed by atoms with van der Waals surface area (Å²) in [6.07, 6.45) is 1.33. The molecule has 1 heterocycles. The Hall–Kier alpha value is -1.94. The lowest BCUT2D eigenvalue weighted by Crippen LogP contribution is -1.97. The highest BCUT2D eigenvalue weighted by Crippen LogP contribution is 2.25. The molecule has 122 valence electrons. The van der Waals surface area contributed by atoms with Gasteiger partial charge in [0.05, 0.1) is 23.1 Å². The minimum Gasteiger partial charge on any atom is -0.513 e. The molecular weight excluding hydrogens is 306 g/mol. The lowest BCUT2D eigenvalue weighted by molar-refractivity contribution is 0.296. The van der Waals surface area contributed by atoms with Gasteiger partial charge in [-0.25, -0.2) is 4.98 Å². The zero-order chi connectivity index (χ0) is 16.7. The number of aliphatic hydroxyl groups is 1. The lowest BCUT2D eigenvalue weighted by Gasteiger charge is -2.08. The Bertz CT molecular complexity index is 638. The molecule has 0 saturated heterocycles. The maximum atomic E-state index is 9.03. The van der Waals surface area contributed by atoms with Crippen LogP contribution in [-0.4, -0.2) is 21.9 Å². The largest absolute Gasteiger partial charge is 0.513 e. The third-order valence-electron chi connectivity index (χ3n) is 3.11. The molecule has 0 aliphatic carbocycles. The molecule has 23 heavy (non-hydrogen) atoms. The monoisotopic (exact) mass is 329 g/mol. The van der Waals surface area contributed by atoms with Crippen LogP contribution < -0.4 is 4.74 Å². The van der Waals surface area contributed by atoms with Crippen molar-refractivity contribution in [3.8, 4) is 17.0 Å². The van der Waals surface area contributed by atoms with Gasteiger partial charge in [-0.1, -0.05) is 26.5 Å². The van der Waals surface area contributed by atoms with Crippen molar-refractivity contribution in [2.45, 2.75) is 37.0 Å². The molecule has 0 saturated carbocycles. The van der Waals surface area contributed by atoms with E-state index in [1.54, 1.807) is 11.8 Å². The first-order valence-corrected chi connectivity index (χ1v) is 8.66. The first-order chi connectivity index (χ1) is 11.0.